The molecule has 0 atom stereocenters. The van der Waals surface area contributed by atoms with Gasteiger partial charge in [0.1, 0.15) is 11.5 Å². The normalized spacial score (nSPS) is 12.9. The Morgan fingerprint density at radius 3 is 1.66 bits per heavy atom. The number of rotatable bonds is 7. The fraction of sp³-hybridized carbons (Fsp3) is 0.0169. The lowest BCUT2D eigenvalue weighted by Crippen LogP contribution is -2.28. The SMILES string of the molecule is c1ccc(-c2ccc(N(c3ccc4c(c3)C(c3ccccc3)(c3ccccc3)c3ccccc3-4)c3ccccc3-c3ccc4c(c3)-c3cccc5cccc(c35)O4)cc2)cc1. The molecule has 2 aliphatic rings. The van der Waals surface area contributed by atoms with Gasteiger partial charge in [0.25, 0.3) is 0 Å². The molecule has 0 amide bonds. The van der Waals surface area contributed by atoms with Crippen molar-refractivity contribution in [3.8, 4) is 56.0 Å². The van der Waals surface area contributed by atoms with Crippen LogP contribution >= 0.6 is 0 Å². The van der Waals surface area contributed by atoms with Crippen molar-refractivity contribution in [2.45, 2.75) is 5.41 Å². The van der Waals surface area contributed by atoms with Crippen molar-refractivity contribution in [2.24, 2.45) is 0 Å². The highest BCUT2D eigenvalue weighted by Gasteiger charge is 2.46. The molecule has 0 saturated carbocycles. The monoisotopic (exact) mass is 777 g/mol. The molecule has 0 unspecified atom stereocenters. The third kappa shape index (κ3) is 5.50. The molecule has 10 aromatic carbocycles. The largest absolute Gasteiger partial charge is 0.456 e. The maximum atomic E-state index is 6.56. The Morgan fingerprint density at radius 1 is 0.328 bits per heavy atom. The van der Waals surface area contributed by atoms with Crippen LogP contribution in [-0.2, 0) is 5.41 Å². The van der Waals surface area contributed by atoms with Crippen molar-refractivity contribution in [1.82, 2.24) is 0 Å². The van der Waals surface area contributed by atoms with E-state index in [-0.39, 0.29) is 0 Å². The molecule has 61 heavy (non-hydrogen) atoms. The first-order chi connectivity index (χ1) is 30.3. The molecule has 1 aliphatic carbocycles. The van der Waals surface area contributed by atoms with Gasteiger partial charge in [-0.15, -0.1) is 0 Å². The molecule has 1 heterocycles. The summed E-state index contributed by atoms with van der Waals surface area (Å²) in [5, 5.41) is 2.33. The van der Waals surface area contributed by atoms with Crippen molar-refractivity contribution < 1.29 is 4.74 Å². The highest BCUT2D eigenvalue weighted by atomic mass is 16.5. The molecule has 0 spiro atoms. The minimum atomic E-state index is -0.525. The lowest BCUT2D eigenvalue weighted by molar-refractivity contribution is 0.487. The first-order valence-corrected chi connectivity index (χ1v) is 21.0. The number of anilines is 3. The fourth-order valence-electron chi connectivity index (χ4n) is 10.1. The summed E-state index contributed by atoms with van der Waals surface area (Å²) in [6.45, 7) is 0. The van der Waals surface area contributed by atoms with Crippen LogP contribution in [0, 0.1) is 0 Å². The van der Waals surface area contributed by atoms with E-state index in [0.29, 0.717) is 0 Å². The Morgan fingerprint density at radius 2 is 0.902 bits per heavy atom. The Hall–Kier alpha value is -7.94. The van der Waals surface area contributed by atoms with Gasteiger partial charge in [0, 0.05) is 27.9 Å². The number of nitrogens with zero attached hydrogens (tertiary/aromatic N) is 1. The lowest BCUT2D eigenvalue weighted by atomic mass is 9.67. The van der Waals surface area contributed by atoms with Gasteiger partial charge >= 0.3 is 0 Å². The van der Waals surface area contributed by atoms with Crippen molar-refractivity contribution in [3.63, 3.8) is 0 Å². The van der Waals surface area contributed by atoms with Gasteiger partial charge in [0.15, 0.2) is 0 Å². The first-order valence-electron chi connectivity index (χ1n) is 21.0. The lowest BCUT2D eigenvalue weighted by Gasteiger charge is -2.35. The number of para-hydroxylation sites is 1. The van der Waals surface area contributed by atoms with Crippen LogP contribution in [0.2, 0.25) is 0 Å². The smallest absolute Gasteiger partial charge is 0.135 e. The molecule has 286 valence electrons. The van der Waals surface area contributed by atoms with E-state index in [4.69, 9.17) is 4.74 Å². The van der Waals surface area contributed by atoms with Gasteiger partial charge in [-0.2, -0.15) is 0 Å². The second-order valence-corrected chi connectivity index (χ2v) is 16.0. The van der Waals surface area contributed by atoms with Gasteiger partial charge < -0.3 is 9.64 Å². The van der Waals surface area contributed by atoms with E-state index in [1.54, 1.807) is 0 Å². The zero-order valence-electron chi connectivity index (χ0n) is 33.4. The number of ether oxygens (including phenoxy) is 1. The summed E-state index contributed by atoms with van der Waals surface area (Å²) < 4.78 is 6.56. The van der Waals surface area contributed by atoms with Gasteiger partial charge in [-0.3, -0.25) is 0 Å². The quantitative estimate of drug-likeness (QED) is 0.160. The summed E-state index contributed by atoms with van der Waals surface area (Å²) in [5.74, 6) is 1.77. The second kappa shape index (κ2) is 14.1. The van der Waals surface area contributed by atoms with E-state index in [1.165, 1.54) is 55.5 Å². The fourth-order valence-corrected chi connectivity index (χ4v) is 10.1. The maximum Gasteiger partial charge on any atom is 0.135 e. The second-order valence-electron chi connectivity index (χ2n) is 16.0. The third-order valence-electron chi connectivity index (χ3n) is 12.7. The Balaban J connectivity index is 1.09. The molecule has 0 radical (unpaired) electrons. The number of benzene rings is 10. The van der Waals surface area contributed by atoms with Gasteiger partial charge in [-0.1, -0.05) is 188 Å². The predicted molar refractivity (Wildman–Crippen MR) is 252 cm³/mol. The first kappa shape index (κ1) is 35.0. The molecule has 0 fully saturated rings. The highest BCUT2D eigenvalue weighted by Crippen LogP contribution is 2.58. The molecular formula is C59H39NO. The summed E-state index contributed by atoms with van der Waals surface area (Å²) in [4.78, 5) is 2.44. The molecule has 0 N–H and O–H groups in total. The standard InChI is InChI=1S/C59H39NO/c1-4-16-40(17-5-1)41-30-33-46(34-31-41)60(55-28-13-11-24-48(55)43-32-37-56-52(38-43)51-26-14-18-42-19-15-29-57(61-56)58(42)51)47-35-36-50-49-25-10-12-27-53(49)59(54(50)39-47,44-20-6-2-7-21-44)45-22-8-3-9-23-45/h1-39H. The minimum absolute atomic E-state index is 0.525. The molecule has 12 rings (SSSR count). The van der Waals surface area contributed by atoms with Crippen LogP contribution in [0.25, 0.3) is 55.3 Å². The zero-order valence-corrected chi connectivity index (χ0v) is 33.4. The van der Waals surface area contributed by atoms with E-state index in [0.717, 1.165) is 50.6 Å². The number of hydrogen-bond acceptors (Lipinski definition) is 2. The average Bonchev–Trinajstić information content (AvgIpc) is 3.63. The Kier molecular flexibility index (Phi) is 8.11. The molecule has 0 saturated heterocycles. The highest BCUT2D eigenvalue weighted by molar-refractivity contribution is 6.05. The van der Waals surface area contributed by atoms with Crippen LogP contribution in [0.5, 0.6) is 11.5 Å². The minimum Gasteiger partial charge on any atom is -0.456 e. The molecule has 0 bridgehead atoms. The predicted octanol–water partition coefficient (Wildman–Crippen LogP) is 15.8. The Bertz CT molecular complexity index is 3220. The van der Waals surface area contributed by atoms with E-state index >= 15 is 0 Å². The molecule has 2 nitrogen and oxygen atoms in total. The van der Waals surface area contributed by atoms with Crippen molar-refractivity contribution in [1.29, 1.82) is 0 Å². The van der Waals surface area contributed by atoms with Crippen molar-refractivity contribution in [3.05, 3.63) is 259 Å². The van der Waals surface area contributed by atoms with Crippen LogP contribution in [0.15, 0.2) is 237 Å². The van der Waals surface area contributed by atoms with E-state index in [9.17, 15) is 0 Å². The number of fused-ring (bicyclic) bond motifs is 5. The van der Waals surface area contributed by atoms with Crippen molar-refractivity contribution in [2.75, 3.05) is 4.90 Å². The zero-order chi connectivity index (χ0) is 40.3. The summed E-state index contributed by atoms with van der Waals surface area (Å²) in [7, 11) is 0. The van der Waals surface area contributed by atoms with Gasteiger partial charge in [0.2, 0.25) is 0 Å². The van der Waals surface area contributed by atoms with Crippen LogP contribution < -0.4 is 9.64 Å². The number of hydrogen-bond donors (Lipinski definition) is 0. The average molecular weight is 778 g/mol. The molecule has 0 aromatic heterocycles. The molecular weight excluding hydrogens is 739 g/mol. The van der Waals surface area contributed by atoms with Crippen molar-refractivity contribution >= 4 is 27.8 Å². The third-order valence-corrected chi connectivity index (χ3v) is 12.7. The summed E-state index contributed by atoms with van der Waals surface area (Å²) in [6.07, 6.45) is 0. The summed E-state index contributed by atoms with van der Waals surface area (Å²) in [5.41, 5.74) is 17.2. The van der Waals surface area contributed by atoms with Crippen LogP contribution in [0.3, 0.4) is 0 Å². The van der Waals surface area contributed by atoms with E-state index in [1.807, 2.05) is 0 Å². The van der Waals surface area contributed by atoms with E-state index in [2.05, 4.69) is 241 Å². The molecule has 2 heteroatoms. The van der Waals surface area contributed by atoms with E-state index < -0.39 is 5.41 Å². The van der Waals surface area contributed by atoms with Gasteiger partial charge in [-0.05, 0) is 110 Å². The topological polar surface area (TPSA) is 12.5 Å². The molecule has 1 aliphatic heterocycles. The van der Waals surface area contributed by atoms with Crippen LogP contribution in [0.1, 0.15) is 22.3 Å². The van der Waals surface area contributed by atoms with Crippen LogP contribution in [-0.4, -0.2) is 0 Å². The molecule has 10 aromatic rings. The maximum absolute atomic E-state index is 6.56. The Labute approximate surface area is 356 Å². The van der Waals surface area contributed by atoms with Crippen LogP contribution in [0.4, 0.5) is 17.1 Å². The summed E-state index contributed by atoms with van der Waals surface area (Å²) >= 11 is 0. The summed E-state index contributed by atoms with van der Waals surface area (Å²) in [6, 6.07) is 86.1. The van der Waals surface area contributed by atoms with Gasteiger partial charge in [-0.25, -0.2) is 0 Å². The van der Waals surface area contributed by atoms with Gasteiger partial charge in [0.05, 0.1) is 11.1 Å².